The van der Waals surface area contributed by atoms with Crippen molar-refractivity contribution in [3.05, 3.63) is 57.0 Å². The maximum Gasteiger partial charge on any atom is 0.253 e. The first-order chi connectivity index (χ1) is 9.22. The molecule has 3 aromatic rings. The number of benzene rings is 1. The lowest BCUT2D eigenvalue weighted by Crippen LogP contribution is -2.35. The molecule has 0 atom stereocenters. The maximum atomic E-state index is 11.5. The molecule has 0 saturated carbocycles. The number of nitrogens with one attached hydrogen (secondary N) is 2. The Hall–Kier alpha value is -2.69. The summed E-state index contributed by atoms with van der Waals surface area (Å²) in [5.74, 6) is 0. The number of anilines is 3. The minimum atomic E-state index is -0.503. The Morgan fingerprint density at radius 3 is 2.53 bits per heavy atom. The zero-order chi connectivity index (χ0) is 13.4. The summed E-state index contributed by atoms with van der Waals surface area (Å²) >= 11 is 0. The van der Waals surface area contributed by atoms with Crippen molar-refractivity contribution in [2.24, 2.45) is 0 Å². The van der Waals surface area contributed by atoms with Crippen molar-refractivity contribution in [3.63, 3.8) is 0 Å². The summed E-state index contributed by atoms with van der Waals surface area (Å²) in [6.45, 7) is 0. The molecular weight excluding hydrogens is 242 g/mol. The number of hydrogen-bond donors (Lipinski definition) is 2. The Kier molecular flexibility index (Phi) is 2.52. The third-order valence-electron chi connectivity index (χ3n) is 3.05. The summed E-state index contributed by atoms with van der Waals surface area (Å²) in [6.07, 6.45) is 1.69. The Balaban J connectivity index is 2.09. The van der Waals surface area contributed by atoms with E-state index in [-0.39, 0.29) is 0 Å². The van der Waals surface area contributed by atoms with E-state index < -0.39 is 10.9 Å². The predicted molar refractivity (Wildman–Crippen MR) is 75.9 cm³/mol. The standard InChI is InChI=1S/C14H11N3O2/c1-15-11-12(14(19)13(11)18)17-9-6-2-4-8-5-3-7-16-10(8)9/h2-7,15,17H,1H3. The van der Waals surface area contributed by atoms with Gasteiger partial charge in [-0.25, -0.2) is 0 Å². The highest BCUT2D eigenvalue weighted by Gasteiger charge is 2.20. The van der Waals surface area contributed by atoms with Gasteiger partial charge in [-0.05, 0) is 12.1 Å². The van der Waals surface area contributed by atoms with Gasteiger partial charge in [-0.2, -0.15) is 0 Å². The van der Waals surface area contributed by atoms with E-state index in [4.69, 9.17) is 0 Å². The largest absolute Gasteiger partial charge is 0.383 e. The summed E-state index contributed by atoms with van der Waals surface area (Å²) in [6, 6.07) is 9.42. The molecule has 0 spiro atoms. The van der Waals surface area contributed by atoms with E-state index in [0.717, 1.165) is 10.9 Å². The molecule has 0 aliphatic heterocycles. The quantitative estimate of drug-likeness (QED) is 0.694. The second kappa shape index (κ2) is 4.20. The monoisotopic (exact) mass is 253 g/mol. The van der Waals surface area contributed by atoms with Crippen LogP contribution in [0.3, 0.4) is 0 Å². The van der Waals surface area contributed by atoms with Crippen molar-refractivity contribution in [1.82, 2.24) is 4.98 Å². The number of aromatic nitrogens is 1. The second-order valence-electron chi connectivity index (χ2n) is 4.16. The fourth-order valence-electron chi connectivity index (χ4n) is 2.09. The molecular formula is C14H11N3O2. The van der Waals surface area contributed by atoms with Crippen LogP contribution in [0.4, 0.5) is 17.1 Å². The molecule has 0 aliphatic rings. The van der Waals surface area contributed by atoms with Gasteiger partial charge in [0.15, 0.2) is 0 Å². The molecule has 19 heavy (non-hydrogen) atoms. The molecule has 3 rings (SSSR count). The van der Waals surface area contributed by atoms with Crippen LogP contribution in [-0.4, -0.2) is 12.0 Å². The fourth-order valence-corrected chi connectivity index (χ4v) is 2.09. The van der Waals surface area contributed by atoms with Crippen LogP contribution in [0, 0.1) is 0 Å². The average Bonchev–Trinajstić information content (AvgIpc) is 2.46. The van der Waals surface area contributed by atoms with Crippen LogP contribution in [0.15, 0.2) is 46.1 Å². The molecule has 94 valence electrons. The van der Waals surface area contributed by atoms with E-state index >= 15 is 0 Å². The highest BCUT2D eigenvalue weighted by Crippen LogP contribution is 2.25. The van der Waals surface area contributed by atoms with Gasteiger partial charge in [-0.15, -0.1) is 0 Å². The third kappa shape index (κ3) is 1.67. The van der Waals surface area contributed by atoms with Gasteiger partial charge in [0.05, 0.1) is 11.2 Å². The van der Waals surface area contributed by atoms with Crippen molar-refractivity contribution in [1.29, 1.82) is 0 Å². The van der Waals surface area contributed by atoms with Crippen molar-refractivity contribution >= 4 is 28.0 Å². The van der Waals surface area contributed by atoms with Crippen LogP contribution in [0.1, 0.15) is 0 Å². The Morgan fingerprint density at radius 1 is 1.00 bits per heavy atom. The van der Waals surface area contributed by atoms with Crippen molar-refractivity contribution < 1.29 is 0 Å². The lowest BCUT2D eigenvalue weighted by atomic mass is 10.1. The lowest BCUT2D eigenvalue weighted by molar-refractivity contribution is 1.33. The van der Waals surface area contributed by atoms with Gasteiger partial charge in [-0.1, -0.05) is 18.2 Å². The van der Waals surface area contributed by atoms with E-state index in [9.17, 15) is 9.59 Å². The van der Waals surface area contributed by atoms with Gasteiger partial charge in [0.2, 0.25) is 0 Å². The number of rotatable bonds is 3. The minimum absolute atomic E-state index is 0.297. The first-order valence-electron chi connectivity index (χ1n) is 5.84. The number of para-hydroxylation sites is 1. The van der Waals surface area contributed by atoms with Crippen LogP contribution in [0.5, 0.6) is 0 Å². The maximum absolute atomic E-state index is 11.5. The fraction of sp³-hybridized carbons (Fsp3) is 0.0714. The molecule has 2 aromatic carbocycles. The number of hydrogen-bond acceptors (Lipinski definition) is 5. The summed E-state index contributed by atoms with van der Waals surface area (Å²) < 4.78 is 0. The highest BCUT2D eigenvalue weighted by molar-refractivity contribution is 5.93. The zero-order valence-corrected chi connectivity index (χ0v) is 10.2. The number of pyridine rings is 1. The van der Waals surface area contributed by atoms with Gasteiger partial charge in [-0.3, -0.25) is 14.6 Å². The van der Waals surface area contributed by atoms with Crippen LogP contribution in [-0.2, 0) is 0 Å². The lowest BCUT2D eigenvalue weighted by Gasteiger charge is -2.13. The van der Waals surface area contributed by atoms with E-state index in [0.29, 0.717) is 17.1 Å². The molecule has 2 N–H and O–H groups in total. The molecule has 5 nitrogen and oxygen atoms in total. The summed E-state index contributed by atoms with van der Waals surface area (Å²) in [7, 11) is 1.61. The van der Waals surface area contributed by atoms with Crippen molar-refractivity contribution in [2.75, 3.05) is 17.7 Å². The van der Waals surface area contributed by atoms with Gasteiger partial charge < -0.3 is 10.6 Å². The van der Waals surface area contributed by atoms with Gasteiger partial charge in [0, 0.05) is 18.6 Å². The average molecular weight is 253 g/mol. The summed E-state index contributed by atoms with van der Waals surface area (Å²) in [5.41, 5.74) is 1.10. The van der Waals surface area contributed by atoms with Crippen LogP contribution >= 0.6 is 0 Å². The topological polar surface area (TPSA) is 71.1 Å². The van der Waals surface area contributed by atoms with E-state index in [1.807, 2.05) is 30.3 Å². The summed E-state index contributed by atoms with van der Waals surface area (Å²) in [4.78, 5) is 27.2. The normalized spacial score (nSPS) is 10.8. The number of nitrogens with zero attached hydrogens (tertiary/aromatic N) is 1. The molecule has 0 aliphatic carbocycles. The van der Waals surface area contributed by atoms with Gasteiger partial charge in [0.25, 0.3) is 10.9 Å². The first kappa shape index (κ1) is 11.4. The van der Waals surface area contributed by atoms with Gasteiger partial charge >= 0.3 is 0 Å². The van der Waals surface area contributed by atoms with E-state index in [1.165, 1.54) is 0 Å². The predicted octanol–water partition coefficient (Wildman–Crippen LogP) is 1.62. The molecule has 1 heterocycles. The minimum Gasteiger partial charge on any atom is -0.383 e. The molecule has 0 bridgehead atoms. The van der Waals surface area contributed by atoms with Crippen molar-refractivity contribution in [2.45, 2.75) is 0 Å². The molecule has 0 radical (unpaired) electrons. The molecule has 0 fully saturated rings. The Labute approximate surface area is 108 Å². The van der Waals surface area contributed by atoms with Crippen LogP contribution in [0.25, 0.3) is 10.9 Å². The number of fused-ring (bicyclic) bond motifs is 1. The van der Waals surface area contributed by atoms with Crippen LogP contribution < -0.4 is 21.5 Å². The molecule has 5 heteroatoms. The van der Waals surface area contributed by atoms with Crippen LogP contribution in [0.2, 0.25) is 0 Å². The Morgan fingerprint density at radius 2 is 1.74 bits per heavy atom. The molecule has 0 saturated heterocycles. The van der Waals surface area contributed by atoms with Crippen molar-refractivity contribution in [3.8, 4) is 0 Å². The Bertz CT molecular complexity index is 827. The third-order valence-corrected chi connectivity index (χ3v) is 3.05. The van der Waals surface area contributed by atoms with E-state index in [2.05, 4.69) is 15.6 Å². The van der Waals surface area contributed by atoms with Gasteiger partial charge in [0.1, 0.15) is 11.4 Å². The summed E-state index contributed by atoms with van der Waals surface area (Å²) in [5, 5.41) is 6.68. The molecule has 0 unspecified atom stereocenters. The molecule has 0 amide bonds. The smallest absolute Gasteiger partial charge is 0.253 e. The second-order valence-corrected chi connectivity index (χ2v) is 4.16. The first-order valence-corrected chi connectivity index (χ1v) is 5.84. The highest BCUT2D eigenvalue weighted by atomic mass is 16.2. The SMILES string of the molecule is CNc1c(Nc2cccc3cccnc23)c(=O)c1=O. The molecule has 1 aromatic heterocycles. The van der Waals surface area contributed by atoms with E-state index in [1.54, 1.807) is 13.2 Å². The zero-order valence-electron chi connectivity index (χ0n) is 10.2.